The lowest BCUT2D eigenvalue weighted by Gasteiger charge is -2.42. The van der Waals surface area contributed by atoms with Crippen LogP contribution in [-0.4, -0.2) is 40.6 Å². The van der Waals surface area contributed by atoms with Gasteiger partial charge >= 0.3 is 5.97 Å². The van der Waals surface area contributed by atoms with Crippen molar-refractivity contribution in [2.75, 3.05) is 18.4 Å². The van der Waals surface area contributed by atoms with E-state index in [0.717, 1.165) is 19.5 Å². The van der Waals surface area contributed by atoms with Crippen molar-refractivity contribution >= 4 is 23.3 Å². The van der Waals surface area contributed by atoms with Gasteiger partial charge in [-0.2, -0.15) is 0 Å². The molecule has 0 aliphatic carbocycles. The van der Waals surface area contributed by atoms with E-state index >= 15 is 0 Å². The predicted molar refractivity (Wildman–Crippen MR) is 79.3 cm³/mol. The Hall–Kier alpha value is -1.26. The molecular weight excluding hydrogens is 276 g/mol. The van der Waals surface area contributed by atoms with Crippen molar-refractivity contribution in [3.05, 3.63) is 29.3 Å². The van der Waals surface area contributed by atoms with Gasteiger partial charge in [-0.05, 0) is 44.4 Å². The summed E-state index contributed by atoms with van der Waals surface area (Å²) in [5.41, 5.74) is -0.181. The highest BCUT2D eigenvalue weighted by atomic mass is 35.5. The number of fused-ring (bicyclic) bond motifs is 1. The van der Waals surface area contributed by atoms with Gasteiger partial charge in [0.2, 0.25) is 0 Å². The van der Waals surface area contributed by atoms with E-state index in [1.807, 2.05) is 18.2 Å². The molecule has 0 saturated carbocycles. The van der Waals surface area contributed by atoms with Gasteiger partial charge in [-0.3, -0.25) is 0 Å². The number of anilines is 1. The number of halogens is 1. The molecule has 2 atom stereocenters. The van der Waals surface area contributed by atoms with Crippen molar-refractivity contribution in [3.63, 3.8) is 0 Å². The molecule has 0 spiro atoms. The van der Waals surface area contributed by atoms with E-state index in [0.29, 0.717) is 29.6 Å². The molecule has 2 heterocycles. The Morgan fingerprint density at radius 3 is 2.95 bits per heavy atom. The number of carboxylic acids is 1. The predicted octanol–water partition coefficient (Wildman–Crippen LogP) is 2.83. The Morgan fingerprint density at radius 1 is 1.40 bits per heavy atom. The summed E-state index contributed by atoms with van der Waals surface area (Å²) in [4.78, 5) is 14.3. The number of nitrogens with zero attached hydrogens (tertiary/aromatic N) is 1. The van der Waals surface area contributed by atoms with Gasteiger partial charge in [0.05, 0.1) is 10.7 Å². The minimum absolute atomic E-state index is 0.384. The molecule has 0 amide bonds. The van der Waals surface area contributed by atoms with Crippen LogP contribution in [0.15, 0.2) is 24.3 Å². The Labute approximate surface area is 123 Å². The van der Waals surface area contributed by atoms with E-state index in [-0.39, 0.29) is 0 Å². The number of carbonyl (C=O) groups is 1. The van der Waals surface area contributed by atoms with Crippen LogP contribution in [0.4, 0.5) is 5.69 Å². The van der Waals surface area contributed by atoms with Gasteiger partial charge in [0.25, 0.3) is 0 Å². The molecule has 2 unspecified atom stereocenters. The molecule has 3 rings (SSSR count). The maximum atomic E-state index is 11.9. The highest BCUT2D eigenvalue weighted by Crippen LogP contribution is 2.37. The Morgan fingerprint density at radius 2 is 2.20 bits per heavy atom. The standard InChI is InChI=1S/C15H19ClN2O2/c16-12-5-1-2-6-13(12)17-15(14(19)20)7-9-18-8-3-4-11(18)10-15/h1-2,5-6,11,17H,3-4,7-10H2,(H,19,20). The van der Waals surface area contributed by atoms with Crippen LogP contribution in [0.25, 0.3) is 0 Å². The minimum atomic E-state index is -0.892. The van der Waals surface area contributed by atoms with Gasteiger partial charge in [-0.25, -0.2) is 4.79 Å². The third-order valence-electron chi connectivity index (χ3n) is 4.57. The number of piperidine rings is 1. The van der Waals surface area contributed by atoms with Gasteiger partial charge in [0.15, 0.2) is 0 Å². The second-order valence-corrected chi connectivity index (χ2v) is 6.19. The van der Waals surface area contributed by atoms with Crippen LogP contribution < -0.4 is 5.32 Å². The quantitative estimate of drug-likeness (QED) is 0.900. The average molecular weight is 295 g/mol. The number of carboxylic acid groups (broad SMARTS) is 1. The maximum absolute atomic E-state index is 11.9. The smallest absolute Gasteiger partial charge is 0.329 e. The molecule has 1 aromatic carbocycles. The van der Waals surface area contributed by atoms with Gasteiger partial charge < -0.3 is 15.3 Å². The zero-order valence-electron chi connectivity index (χ0n) is 11.3. The van der Waals surface area contributed by atoms with Gasteiger partial charge in [-0.15, -0.1) is 0 Å². The van der Waals surface area contributed by atoms with Crippen molar-refractivity contribution in [2.45, 2.75) is 37.3 Å². The summed E-state index contributed by atoms with van der Waals surface area (Å²) in [5.74, 6) is -0.774. The summed E-state index contributed by atoms with van der Waals surface area (Å²) >= 11 is 6.16. The number of rotatable bonds is 3. The van der Waals surface area contributed by atoms with E-state index in [1.165, 1.54) is 6.42 Å². The first-order valence-corrected chi connectivity index (χ1v) is 7.49. The highest BCUT2D eigenvalue weighted by molar-refractivity contribution is 6.33. The largest absolute Gasteiger partial charge is 0.480 e. The number of benzene rings is 1. The molecular formula is C15H19ClN2O2. The molecule has 2 aliphatic heterocycles. The number of hydrogen-bond acceptors (Lipinski definition) is 3. The van der Waals surface area contributed by atoms with Crippen molar-refractivity contribution in [1.82, 2.24) is 4.90 Å². The molecule has 0 bridgehead atoms. The van der Waals surface area contributed by atoms with Crippen LogP contribution in [0.5, 0.6) is 0 Å². The molecule has 0 radical (unpaired) electrons. The van der Waals surface area contributed by atoms with Crippen molar-refractivity contribution in [2.24, 2.45) is 0 Å². The minimum Gasteiger partial charge on any atom is -0.480 e. The zero-order valence-corrected chi connectivity index (χ0v) is 12.1. The Bertz CT molecular complexity index is 522. The number of hydrogen-bond donors (Lipinski definition) is 2. The lowest BCUT2D eigenvalue weighted by molar-refractivity contribution is -0.144. The average Bonchev–Trinajstić information content (AvgIpc) is 2.88. The summed E-state index contributed by atoms with van der Waals surface area (Å²) in [6, 6.07) is 7.72. The van der Waals surface area contributed by atoms with E-state index in [1.54, 1.807) is 6.07 Å². The van der Waals surface area contributed by atoms with E-state index in [9.17, 15) is 9.90 Å². The fraction of sp³-hybridized carbons (Fsp3) is 0.533. The SMILES string of the molecule is O=C(O)C1(Nc2ccccc2Cl)CCN2CCCC2C1. The third-order valence-corrected chi connectivity index (χ3v) is 4.90. The van der Waals surface area contributed by atoms with Crippen LogP contribution in [0.1, 0.15) is 25.7 Å². The lowest BCUT2D eigenvalue weighted by atomic mass is 9.83. The Kier molecular flexibility index (Phi) is 3.61. The summed E-state index contributed by atoms with van der Waals surface area (Å²) in [5, 5.41) is 13.5. The molecule has 20 heavy (non-hydrogen) atoms. The van der Waals surface area contributed by atoms with Crippen molar-refractivity contribution in [1.29, 1.82) is 0 Å². The number of nitrogens with one attached hydrogen (secondary N) is 1. The molecule has 2 fully saturated rings. The molecule has 1 aromatic rings. The van der Waals surface area contributed by atoms with Crippen LogP contribution in [0.3, 0.4) is 0 Å². The first-order valence-electron chi connectivity index (χ1n) is 7.11. The molecule has 2 N–H and O–H groups in total. The third kappa shape index (κ3) is 2.38. The summed E-state index contributed by atoms with van der Waals surface area (Å²) in [6.45, 7) is 1.95. The zero-order chi connectivity index (χ0) is 14.2. The van der Waals surface area contributed by atoms with Gasteiger partial charge in [-0.1, -0.05) is 23.7 Å². The molecule has 2 saturated heterocycles. The van der Waals surface area contributed by atoms with Crippen LogP contribution in [0.2, 0.25) is 5.02 Å². The second kappa shape index (κ2) is 5.26. The number of para-hydroxylation sites is 1. The summed E-state index contributed by atoms with van der Waals surface area (Å²) in [7, 11) is 0. The van der Waals surface area contributed by atoms with Crippen LogP contribution in [0, 0.1) is 0 Å². The Balaban J connectivity index is 1.85. The first-order chi connectivity index (χ1) is 9.61. The highest BCUT2D eigenvalue weighted by Gasteiger charge is 2.46. The monoisotopic (exact) mass is 294 g/mol. The molecule has 2 aliphatic rings. The second-order valence-electron chi connectivity index (χ2n) is 5.78. The fourth-order valence-electron chi connectivity index (χ4n) is 3.44. The summed E-state index contributed by atoms with van der Waals surface area (Å²) < 4.78 is 0. The lowest BCUT2D eigenvalue weighted by Crippen LogP contribution is -2.56. The topological polar surface area (TPSA) is 52.6 Å². The number of aliphatic carboxylic acids is 1. The molecule has 5 heteroatoms. The van der Waals surface area contributed by atoms with Gasteiger partial charge in [0.1, 0.15) is 5.54 Å². The van der Waals surface area contributed by atoms with E-state index < -0.39 is 11.5 Å². The van der Waals surface area contributed by atoms with Crippen LogP contribution >= 0.6 is 11.6 Å². The van der Waals surface area contributed by atoms with E-state index in [4.69, 9.17) is 11.6 Å². The van der Waals surface area contributed by atoms with E-state index in [2.05, 4.69) is 10.2 Å². The summed E-state index contributed by atoms with van der Waals surface area (Å²) in [6.07, 6.45) is 3.53. The molecule has 0 aromatic heterocycles. The normalized spacial score (nSPS) is 29.9. The van der Waals surface area contributed by atoms with Gasteiger partial charge in [0, 0.05) is 12.6 Å². The molecule has 4 nitrogen and oxygen atoms in total. The van der Waals surface area contributed by atoms with Crippen molar-refractivity contribution in [3.8, 4) is 0 Å². The van der Waals surface area contributed by atoms with Crippen LogP contribution in [-0.2, 0) is 4.79 Å². The van der Waals surface area contributed by atoms with Crippen molar-refractivity contribution < 1.29 is 9.90 Å². The maximum Gasteiger partial charge on any atom is 0.329 e. The first kappa shape index (κ1) is 13.7. The fourth-order valence-corrected chi connectivity index (χ4v) is 3.62. The molecule has 108 valence electrons.